The van der Waals surface area contributed by atoms with Crippen molar-refractivity contribution in [2.75, 3.05) is 19.6 Å². The van der Waals surface area contributed by atoms with Gasteiger partial charge in [0.15, 0.2) is 0 Å². The summed E-state index contributed by atoms with van der Waals surface area (Å²) in [6.45, 7) is 9.24. The molecular formula is C18H29FN2. The number of hydrogen-bond donors (Lipinski definition) is 1. The average Bonchev–Trinajstić information content (AvgIpc) is 2.51. The van der Waals surface area contributed by atoms with Gasteiger partial charge in [-0.15, -0.1) is 0 Å². The molecule has 1 aliphatic rings. The molecule has 1 aliphatic heterocycles. The fraction of sp³-hybridized carbons (Fsp3) is 0.667. The van der Waals surface area contributed by atoms with E-state index in [1.54, 1.807) is 6.07 Å². The predicted molar refractivity (Wildman–Crippen MR) is 86.7 cm³/mol. The van der Waals surface area contributed by atoms with Crippen LogP contribution in [0.1, 0.15) is 50.7 Å². The summed E-state index contributed by atoms with van der Waals surface area (Å²) in [7, 11) is 0. The zero-order valence-electron chi connectivity index (χ0n) is 13.5. The molecule has 0 aromatic heterocycles. The maximum absolute atomic E-state index is 14.0. The van der Waals surface area contributed by atoms with E-state index in [2.05, 4.69) is 24.1 Å². The minimum absolute atomic E-state index is 0.0622. The Labute approximate surface area is 128 Å². The standard InChI is InChI=1S/C18H29FN2/c1-3-9-20-12-16-7-8-18(19)17(11-16)14-21-10-5-6-15(4-2)13-21/h7-8,11,15,20H,3-6,9-10,12-14H2,1-2H3. The topological polar surface area (TPSA) is 15.3 Å². The van der Waals surface area contributed by atoms with Gasteiger partial charge in [-0.3, -0.25) is 4.90 Å². The summed E-state index contributed by atoms with van der Waals surface area (Å²) < 4.78 is 14.0. The van der Waals surface area contributed by atoms with Crippen molar-refractivity contribution in [2.45, 2.75) is 52.6 Å². The van der Waals surface area contributed by atoms with Gasteiger partial charge < -0.3 is 5.32 Å². The molecule has 1 atom stereocenters. The van der Waals surface area contributed by atoms with E-state index in [9.17, 15) is 4.39 Å². The largest absolute Gasteiger partial charge is 0.313 e. The predicted octanol–water partition coefficient (Wildman–Crippen LogP) is 3.95. The number of halogens is 1. The number of nitrogens with one attached hydrogen (secondary N) is 1. The van der Waals surface area contributed by atoms with Crippen LogP contribution in [0.25, 0.3) is 0 Å². The van der Waals surface area contributed by atoms with Gasteiger partial charge in [0.25, 0.3) is 0 Å². The van der Waals surface area contributed by atoms with Gasteiger partial charge in [0.05, 0.1) is 0 Å². The highest BCUT2D eigenvalue weighted by atomic mass is 19.1. The zero-order valence-corrected chi connectivity index (χ0v) is 13.5. The van der Waals surface area contributed by atoms with Crippen molar-refractivity contribution >= 4 is 0 Å². The van der Waals surface area contributed by atoms with E-state index in [0.717, 1.165) is 50.6 Å². The third kappa shape index (κ3) is 5.08. The molecule has 0 amide bonds. The minimum Gasteiger partial charge on any atom is -0.313 e. The van der Waals surface area contributed by atoms with Crippen LogP contribution in [0.5, 0.6) is 0 Å². The first-order valence-corrected chi connectivity index (χ1v) is 8.43. The van der Waals surface area contributed by atoms with E-state index < -0.39 is 0 Å². The number of hydrogen-bond acceptors (Lipinski definition) is 2. The molecule has 2 nitrogen and oxygen atoms in total. The lowest BCUT2D eigenvalue weighted by Gasteiger charge is -2.32. The van der Waals surface area contributed by atoms with E-state index in [4.69, 9.17) is 0 Å². The summed E-state index contributed by atoms with van der Waals surface area (Å²) in [6.07, 6.45) is 4.94. The molecule has 1 heterocycles. The molecule has 0 radical (unpaired) electrons. The summed E-state index contributed by atoms with van der Waals surface area (Å²) >= 11 is 0. The number of benzene rings is 1. The maximum atomic E-state index is 14.0. The van der Waals surface area contributed by atoms with Gasteiger partial charge >= 0.3 is 0 Å². The fourth-order valence-corrected chi connectivity index (χ4v) is 3.14. The lowest BCUT2D eigenvalue weighted by Crippen LogP contribution is -2.34. The molecular weight excluding hydrogens is 263 g/mol. The summed E-state index contributed by atoms with van der Waals surface area (Å²) in [5.74, 6) is 0.726. The van der Waals surface area contributed by atoms with E-state index in [1.807, 2.05) is 12.1 Å². The quantitative estimate of drug-likeness (QED) is 0.766. The average molecular weight is 292 g/mol. The van der Waals surface area contributed by atoms with Crippen LogP contribution in [0.2, 0.25) is 0 Å². The lowest BCUT2D eigenvalue weighted by atomic mass is 9.95. The maximum Gasteiger partial charge on any atom is 0.127 e. The zero-order chi connectivity index (χ0) is 15.1. The van der Waals surface area contributed by atoms with E-state index in [0.29, 0.717) is 0 Å². The van der Waals surface area contributed by atoms with Crippen molar-refractivity contribution in [1.82, 2.24) is 10.2 Å². The Morgan fingerprint density at radius 3 is 2.95 bits per heavy atom. The van der Waals surface area contributed by atoms with Crippen molar-refractivity contribution in [3.63, 3.8) is 0 Å². The molecule has 1 saturated heterocycles. The Bertz CT molecular complexity index is 433. The van der Waals surface area contributed by atoms with Gasteiger partial charge in [-0.1, -0.05) is 32.4 Å². The fourth-order valence-electron chi connectivity index (χ4n) is 3.14. The van der Waals surface area contributed by atoms with Crippen molar-refractivity contribution < 1.29 is 4.39 Å². The Hall–Kier alpha value is -0.930. The molecule has 1 aromatic carbocycles. The van der Waals surface area contributed by atoms with Crippen LogP contribution in [-0.4, -0.2) is 24.5 Å². The molecule has 3 heteroatoms. The highest BCUT2D eigenvalue weighted by molar-refractivity contribution is 5.25. The number of nitrogens with zero attached hydrogens (tertiary/aromatic N) is 1. The molecule has 0 spiro atoms. The van der Waals surface area contributed by atoms with Crippen LogP contribution in [0.15, 0.2) is 18.2 Å². The van der Waals surface area contributed by atoms with Gasteiger partial charge in [0.1, 0.15) is 5.82 Å². The van der Waals surface area contributed by atoms with Crippen LogP contribution < -0.4 is 5.32 Å². The smallest absolute Gasteiger partial charge is 0.127 e. The molecule has 0 aliphatic carbocycles. The van der Waals surface area contributed by atoms with Crippen LogP contribution in [0, 0.1) is 11.7 Å². The molecule has 1 fully saturated rings. The lowest BCUT2D eigenvalue weighted by molar-refractivity contribution is 0.163. The SMILES string of the molecule is CCCNCc1ccc(F)c(CN2CCCC(CC)C2)c1. The third-order valence-electron chi connectivity index (χ3n) is 4.44. The Balaban J connectivity index is 1.96. The van der Waals surface area contributed by atoms with E-state index >= 15 is 0 Å². The second-order valence-corrected chi connectivity index (χ2v) is 6.25. The molecule has 0 bridgehead atoms. The van der Waals surface area contributed by atoms with E-state index in [-0.39, 0.29) is 5.82 Å². The monoisotopic (exact) mass is 292 g/mol. The highest BCUT2D eigenvalue weighted by Gasteiger charge is 2.19. The van der Waals surface area contributed by atoms with Gasteiger partial charge in [-0.25, -0.2) is 4.39 Å². The molecule has 2 rings (SSSR count). The number of piperidine rings is 1. The van der Waals surface area contributed by atoms with Gasteiger partial charge in [0.2, 0.25) is 0 Å². The molecule has 1 aromatic rings. The van der Waals surface area contributed by atoms with Crippen molar-refractivity contribution in [2.24, 2.45) is 5.92 Å². The molecule has 118 valence electrons. The summed E-state index contributed by atoms with van der Waals surface area (Å²) in [4.78, 5) is 2.42. The van der Waals surface area contributed by atoms with Crippen molar-refractivity contribution in [3.05, 3.63) is 35.1 Å². The van der Waals surface area contributed by atoms with Crippen molar-refractivity contribution in [1.29, 1.82) is 0 Å². The minimum atomic E-state index is -0.0622. The van der Waals surface area contributed by atoms with Crippen LogP contribution >= 0.6 is 0 Å². The first-order chi connectivity index (χ1) is 10.2. The first-order valence-electron chi connectivity index (χ1n) is 8.43. The second-order valence-electron chi connectivity index (χ2n) is 6.25. The van der Waals surface area contributed by atoms with Crippen molar-refractivity contribution in [3.8, 4) is 0 Å². The molecule has 1 N–H and O–H groups in total. The third-order valence-corrected chi connectivity index (χ3v) is 4.44. The Morgan fingerprint density at radius 1 is 1.33 bits per heavy atom. The number of likely N-dealkylation sites (tertiary alicyclic amines) is 1. The Morgan fingerprint density at radius 2 is 2.19 bits per heavy atom. The van der Waals surface area contributed by atoms with Gasteiger partial charge in [0, 0.05) is 25.2 Å². The summed E-state index contributed by atoms with van der Waals surface area (Å²) in [6, 6.07) is 5.56. The number of rotatable bonds is 7. The van der Waals surface area contributed by atoms with Gasteiger partial charge in [-0.05, 0) is 49.9 Å². The highest BCUT2D eigenvalue weighted by Crippen LogP contribution is 2.22. The molecule has 21 heavy (non-hydrogen) atoms. The summed E-state index contributed by atoms with van der Waals surface area (Å²) in [5, 5.41) is 3.38. The molecule has 0 saturated carbocycles. The van der Waals surface area contributed by atoms with Crippen LogP contribution in [0.4, 0.5) is 4.39 Å². The molecule has 1 unspecified atom stereocenters. The van der Waals surface area contributed by atoms with Gasteiger partial charge in [-0.2, -0.15) is 0 Å². The first kappa shape index (κ1) is 16.4. The van der Waals surface area contributed by atoms with E-state index in [1.165, 1.54) is 24.8 Å². The second kappa shape index (κ2) is 8.50. The van der Waals surface area contributed by atoms with Crippen LogP contribution in [0.3, 0.4) is 0 Å². The van der Waals surface area contributed by atoms with Crippen LogP contribution in [-0.2, 0) is 13.1 Å². The normalized spacial score (nSPS) is 19.9. The Kier molecular flexibility index (Phi) is 6.65. The summed E-state index contributed by atoms with van der Waals surface area (Å²) in [5.41, 5.74) is 2.03.